The van der Waals surface area contributed by atoms with E-state index in [0.717, 1.165) is 18.5 Å². The molecule has 5 nitrogen and oxygen atoms in total. The highest BCUT2D eigenvalue weighted by Crippen LogP contribution is 2.11. The molecule has 94 valence electrons. The quantitative estimate of drug-likeness (QED) is 0.839. The van der Waals surface area contributed by atoms with Crippen molar-refractivity contribution in [3.8, 4) is 0 Å². The lowest BCUT2D eigenvalue weighted by molar-refractivity contribution is -0.136. The van der Waals surface area contributed by atoms with Crippen LogP contribution in [0, 0.1) is 13.8 Å². The van der Waals surface area contributed by atoms with E-state index in [4.69, 9.17) is 5.11 Å². The molecule has 0 aromatic carbocycles. The van der Waals surface area contributed by atoms with Gasteiger partial charge in [0.1, 0.15) is 0 Å². The second kappa shape index (κ2) is 5.61. The Morgan fingerprint density at radius 3 is 2.59 bits per heavy atom. The number of carboxylic acids is 1. The first-order valence-corrected chi connectivity index (χ1v) is 5.76. The molecule has 0 atom stereocenters. The van der Waals surface area contributed by atoms with Crippen LogP contribution in [0.4, 0.5) is 0 Å². The highest BCUT2D eigenvalue weighted by molar-refractivity contribution is 5.70. The van der Waals surface area contributed by atoms with Crippen LogP contribution in [0.15, 0.2) is 4.79 Å². The molecule has 0 bridgehead atoms. The van der Waals surface area contributed by atoms with Crippen molar-refractivity contribution in [1.82, 2.24) is 9.55 Å². The number of rotatable bonds is 5. The molecule has 1 aromatic rings. The van der Waals surface area contributed by atoms with E-state index in [1.54, 1.807) is 18.4 Å². The summed E-state index contributed by atoms with van der Waals surface area (Å²) in [5.41, 5.74) is 1.59. The molecule has 0 amide bonds. The smallest absolute Gasteiger partial charge is 0.347 e. The number of aryl methyl sites for hydroxylation is 1. The van der Waals surface area contributed by atoms with Crippen molar-refractivity contribution in [3.63, 3.8) is 0 Å². The summed E-state index contributed by atoms with van der Waals surface area (Å²) in [7, 11) is 0. The third-order valence-electron chi connectivity index (χ3n) is 2.84. The van der Waals surface area contributed by atoms with Crippen LogP contribution < -0.4 is 5.69 Å². The van der Waals surface area contributed by atoms with Crippen LogP contribution in [0.5, 0.6) is 0 Å². The monoisotopic (exact) mass is 238 g/mol. The summed E-state index contributed by atoms with van der Waals surface area (Å²) in [6.07, 6.45) is 1.78. The zero-order valence-corrected chi connectivity index (χ0v) is 10.5. The van der Waals surface area contributed by atoms with Gasteiger partial charge in [0.15, 0.2) is 0 Å². The Bertz CT molecular complexity index is 477. The average molecular weight is 238 g/mol. The predicted octanol–water partition coefficient (Wildman–Crippen LogP) is 1.29. The van der Waals surface area contributed by atoms with E-state index >= 15 is 0 Å². The molecular weight excluding hydrogens is 220 g/mol. The number of unbranched alkanes of at least 4 members (excludes halogenated alkanes) is 1. The molecule has 1 heterocycles. The van der Waals surface area contributed by atoms with E-state index < -0.39 is 5.97 Å². The van der Waals surface area contributed by atoms with Crippen LogP contribution in [-0.4, -0.2) is 20.6 Å². The molecule has 0 saturated carbocycles. The van der Waals surface area contributed by atoms with Gasteiger partial charge >= 0.3 is 11.7 Å². The number of carbonyl (C=O) groups is 1. The fourth-order valence-electron chi connectivity index (χ4n) is 1.83. The standard InChI is InChI=1S/C12H18N2O3/c1-4-5-6-14-9(3)10(7-11(15)16)8(2)13-12(14)17/h4-7H2,1-3H3,(H,15,16). The first-order valence-electron chi connectivity index (χ1n) is 5.76. The van der Waals surface area contributed by atoms with E-state index in [0.29, 0.717) is 17.8 Å². The largest absolute Gasteiger partial charge is 0.481 e. The highest BCUT2D eigenvalue weighted by Gasteiger charge is 2.13. The summed E-state index contributed by atoms with van der Waals surface area (Å²) < 4.78 is 1.56. The molecule has 0 aliphatic heterocycles. The molecule has 0 spiro atoms. The molecule has 1 aromatic heterocycles. The van der Waals surface area contributed by atoms with E-state index in [9.17, 15) is 9.59 Å². The SMILES string of the molecule is CCCCn1c(C)c(CC(=O)O)c(C)nc1=O. The van der Waals surface area contributed by atoms with Gasteiger partial charge in [0.05, 0.1) is 6.42 Å². The molecule has 0 aliphatic rings. The minimum absolute atomic E-state index is 0.0862. The molecule has 1 rings (SSSR count). The Kier molecular flexibility index (Phi) is 4.43. The van der Waals surface area contributed by atoms with Gasteiger partial charge in [-0.2, -0.15) is 4.98 Å². The maximum atomic E-state index is 11.7. The van der Waals surface area contributed by atoms with Gasteiger partial charge in [-0.15, -0.1) is 0 Å². The molecule has 0 aliphatic carbocycles. The second-order valence-corrected chi connectivity index (χ2v) is 4.12. The molecular formula is C12H18N2O3. The normalized spacial score (nSPS) is 10.5. The first kappa shape index (κ1) is 13.4. The van der Waals surface area contributed by atoms with E-state index in [1.165, 1.54) is 0 Å². The van der Waals surface area contributed by atoms with Crippen molar-refractivity contribution in [2.75, 3.05) is 0 Å². The van der Waals surface area contributed by atoms with Crippen LogP contribution in [0.1, 0.15) is 36.7 Å². The zero-order valence-electron chi connectivity index (χ0n) is 10.5. The lowest BCUT2D eigenvalue weighted by atomic mass is 10.1. The average Bonchev–Trinajstić information content (AvgIpc) is 2.23. The van der Waals surface area contributed by atoms with Gasteiger partial charge in [-0.25, -0.2) is 4.79 Å². The van der Waals surface area contributed by atoms with Gasteiger partial charge in [0.25, 0.3) is 0 Å². The van der Waals surface area contributed by atoms with Gasteiger partial charge in [-0.3, -0.25) is 9.36 Å². The lowest BCUT2D eigenvalue weighted by Crippen LogP contribution is -2.28. The lowest BCUT2D eigenvalue weighted by Gasteiger charge is -2.13. The first-order chi connectivity index (χ1) is 7.97. The Morgan fingerprint density at radius 2 is 2.06 bits per heavy atom. The Labute approximate surface area is 100 Å². The van der Waals surface area contributed by atoms with Crippen molar-refractivity contribution in [3.05, 3.63) is 27.4 Å². The Hall–Kier alpha value is -1.65. The van der Waals surface area contributed by atoms with Crippen molar-refractivity contribution in [2.24, 2.45) is 0 Å². The van der Waals surface area contributed by atoms with Gasteiger partial charge in [0.2, 0.25) is 0 Å². The summed E-state index contributed by atoms with van der Waals surface area (Å²) in [5.74, 6) is -0.904. The van der Waals surface area contributed by atoms with Crippen LogP contribution in [-0.2, 0) is 17.8 Å². The van der Waals surface area contributed by atoms with Gasteiger partial charge in [0, 0.05) is 23.5 Å². The van der Waals surface area contributed by atoms with Crippen molar-refractivity contribution >= 4 is 5.97 Å². The molecule has 5 heteroatoms. The van der Waals surface area contributed by atoms with Crippen LogP contribution in [0.2, 0.25) is 0 Å². The van der Waals surface area contributed by atoms with Gasteiger partial charge in [-0.1, -0.05) is 13.3 Å². The number of hydrogen-bond acceptors (Lipinski definition) is 3. The van der Waals surface area contributed by atoms with Gasteiger partial charge in [-0.05, 0) is 20.3 Å². The molecule has 0 fully saturated rings. The minimum atomic E-state index is -0.904. The molecule has 1 N–H and O–H groups in total. The number of hydrogen-bond donors (Lipinski definition) is 1. The summed E-state index contributed by atoms with van der Waals surface area (Å²) in [4.78, 5) is 26.4. The fourth-order valence-corrected chi connectivity index (χ4v) is 1.83. The fraction of sp³-hybridized carbons (Fsp3) is 0.583. The summed E-state index contributed by atoms with van der Waals surface area (Å²) in [6, 6.07) is 0. The number of aromatic nitrogens is 2. The van der Waals surface area contributed by atoms with Crippen LogP contribution in [0.3, 0.4) is 0 Å². The van der Waals surface area contributed by atoms with Crippen molar-refractivity contribution < 1.29 is 9.90 Å². The number of nitrogens with zero attached hydrogens (tertiary/aromatic N) is 2. The minimum Gasteiger partial charge on any atom is -0.481 e. The number of carboxylic acid groups (broad SMARTS) is 1. The molecule has 0 radical (unpaired) electrons. The maximum Gasteiger partial charge on any atom is 0.347 e. The van der Waals surface area contributed by atoms with Crippen LogP contribution >= 0.6 is 0 Å². The topological polar surface area (TPSA) is 72.2 Å². The van der Waals surface area contributed by atoms with Gasteiger partial charge < -0.3 is 5.11 Å². The van der Waals surface area contributed by atoms with Crippen LogP contribution in [0.25, 0.3) is 0 Å². The third-order valence-corrected chi connectivity index (χ3v) is 2.84. The van der Waals surface area contributed by atoms with E-state index in [1.807, 2.05) is 6.92 Å². The Morgan fingerprint density at radius 1 is 1.41 bits per heavy atom. The summed E-state index contributed by atoms with van der Waals surface area (Å²) in [6.45, 7) is 6.10. The van der Waals surface area contributed by atoms with Crippen molar-refractivity contribution in [1.29, 1.82) is 0 Å². The maximum absolute atomic E-state index is 11.7. The number of aliphatic carboxylic acids is 1. The van der Waals surface area contributed by atoms with E-state index in [2.05, 4.69) is 4.98 Å². The molecule has 0 saturated heterocycles. The second-order valence-electron chi connectivity index (χ2n) is 4.12. The third kappa shape index (κ3) is 3.15. The highest BCUT2D eigenvalue weighted by atomic mass is 16.4. The predicted molar refractivity (Wildman–Crippen MR) is 64.2 cm³/mol. The van der Waals surface area contributed by atoms with Crippen molar-refractivity contribution in [2.45, 2.75) is 46.6 Å². The Balaban J connectivity index is 3.22. The zero-order chi connectivity index (χ0) is 13.0. The summed E-state index contributed by atoms with van der Waals surface area (Å²) >= 11 is 0. The van der Waals surface area contributed by atoms with E-state index in [-0.39, 0.29) is 12.1 Å². The summed E-state index contributed by atoms with van der Waals surface area (Å²) in [5, 5.41) is 8.84. The molecule has 0 unspecified atom stereocenters. The molecule has 17 heavy (non-hydrogen) atoms.